The van der Waals surface area contributed by atoms with Crippen LogP contribution < -0.4 is 5.32 Å². The van der Waals surface area contributed by atoms with Crippen LogP contribution in [0.2, 0.25) is 0 Å². The van der Waals surface area contributed by atoms with Gasteiger partial charge in [-0.05, 0) is 19.3 Å². The van der Waals surface area contributed by atoms with Crippen LogP contribution in [0.15, 0.2) is 0 Å². The molecule has 0 aromatic carbocycles. The lowest BCUT2D eigenvalue weighted by Crippen LogP contribution is -2.45. The van der Waals surface area contributed by atoms with E-state index in [0.717, 1.165) is 52.3 Å². The summed E-state index contributed by atoms with van der Waals surface area (Å²) in [4.78, 5) is 10.6. The average molecular weight is 317 g/mol. The first kappa shape index (κ1) is 19.4. The summed E-state index contributed by atoms with van der Waals surface area (Å²) in [6, 6.07) is 0. The fourth-order valence-corrected chi connectivity index (χ4v) is 2.10. The second-order valence-corrected chi connectivity index (χ2v) is 5.81. The van der Waals surface area contributed by atoms with Crippen molar-refractivity contribution in [2.45, 2.75) is 33.1 Å². The van der Waals surface area contributed by atoms with E-state index in [0.29, 0.717) is 26.4 Å². The van der Waals surface area contributed by atoms with Crippen molar-refractivity contribution >= 4 is 5.91 Å². The lowest BCUT2D eigenvalue weighted by atomic mass is 9.84. The van der Waals surface area contributed by atoms with Crippen molar-refractivity contribution in [3.63, 3.8) is 0 Å². The van der Waals surface area contributed by atoms with E-state index in [1.54, 1.807) is 0 Å². The van der Waals surface area contributed by atoms with Gasteiger partial charge in [0.05, 0.1) is 26.4 Å². The topological polar surface area (TPSA) is 66.0 Å². The Balaban J connectivity index is 1.74. The van der Waals surface area contributed by atoms with E-state index in [-0.39, 0.29) is 11.3 Å². The zero-order valence-corrected chi connectivity index (χ0v) is 14.0. The molecule has 1 amide bonds. The molecular formula is C16H31NO5. The Morgan fingerprint density at radius 2 is 1.64 bits per heavy atom. The molecule has 1 heterocycles. The van der Waals surface area contributed by atoms with Crippen LogP contribution >= 0.6 is 0 Å². The number of hydrogen-bond donors (Lipinski definition) is 1. The largest absolute Gasteiger partial charge is 0.381 e. The maximum Gasteiger partial charge on any atom is 0.216 e. The van der Waals surface area contributed by atoms with Crippen LogP contribution in [0.25, 0.3) is 0 Å². The molecule has 0 atom stereocenters. The van der Waals surface area contributed by atoms with E-state index in [9.17, 15) is 4.79 Å². The molecule has 0 bridgehead atoms. The summed E-state index contributed by atoms with van der Waals surface area (Å²) in [7, 11) is 0. The van der Waals surface area contributed by atoms with Crippen LogP contribution in [-0.2, 0) is 23.7 Å². The average Bonchev–Trinajstić information content (AvgIpc) is 2.46. The minimum Gasteiger partial charge on any atom is -0.381 e. The molecule has 0 unspecified atom stereocenters. The molecule has 22 heavy (non-hydrogen) atoms. The first-order valence-electron chi connectivity index (χ1n) is 8.24. The Labute approximate surface area is 133 Å². The smallest absolute Gasteiger partial charge is 0.216 e. The lowest BCUT2D eigenvalue weighted by molar-refractivity contribution is -0.150. The highest BCUT2D eigenvalue weighted by atomic mass is 16.5. The zero-order valence-electron chi connectivity index (χ0n) is 14.0. The third kappa shape index (κ3) is 8.68. The van der Waals surface area contributed by atoms with Crippen molar-refractivity contribution in [1.82, 2.24) is 5.32 Å². The van der Waals surface area contributed by atoms with Gasteiger partial charge in [0.2, 0.25) is 5.91 Å². The van der Waals surface area contributed by atoms with Gasteiger partial charge in [0, 0.05) is 45.3 Å². The summed E-state index contributed by atoms with van der Waals surface area (Å²) in [5.74, 6) is -0.0242. The second-order valence-electron chi connectivity index (χ2n) is 5.81. The fourth-order valence-electron chi connectivity index (χ4n) is 2.10. The molecule has 0 spiro atoms. The van der Waals surface area contributed by atoms with Gasteiger partial charge in [-0.25, -0.2) is 0 Å². The summed E-state index contributed by atoms with van der Waals surface area (Å²) >= 11 is 0. The van der Waals surface area contributed by atoms with Gasteiger partial charge in [0.1, 0.15) is 0 Å². The molecule has 0 saturated carbocycles. The Morgan fingerprint density at radius 1 is 1.05 bits per heavy atom. The van der Waals surface area contributed by atoms with E-state index in [2.05, 4.69) is 12.2 Å². The molecule has 1 fully saturated rings. The SMILES string of the molecule is CCC1(COCCCOCCCOCCNC(C)=O)COC1. The van der Waals surface area contributed by atoms with Crippen molar-refractivity contribution in [2.75, 3.05) is 59.4 Å². The summed E-state index contributed by atoms with van der Waals surface area (Å²) in [6.45, 7) is 10.1. The molecule has 1 rings (SSSR count). The van der Waals surface area contributed by atoms with Crippen LogP contribution in [0.4, 0.5) is 0 Å². The quantitative estimate of drug-likeness (QED) is 0.490. The van der Waals surface area contributed by atoms with Gasteiger partial charge in [-0.1, -0.05) is 6.92 Å². The molecule has 1 N–H and O–H groups in total. The van der Waals surface area contributed by atoms with Gasteiger partial charge < -0.3 is 24.3 Å². The first-order chi connectivity index (χ1) is 10.7. The van der Waals surface area contributed by atoms with Gasteiger partial charge in [0.25, 0.3) is 0 Å². The molecule has 130 valence electrons. The molecule has 1 aliphatic heterocycles. The summed E-state index contributed by atoms with van der Waals surface area (Å²) in [6.07, 6.45) is 2.91. The fraction of sp³-hybridized carbons (Fsp3) is 0.938. The highest BCUT2D eigenvalue weighted by molar-refractivity contribution is 5.72. The maximum atomic E-state index is 10.6. The highest BCUT2D eigenvalue weighted by Gasteiger charge is 2.36. The third-order valence-corrected chi connectivity index (χ3v) is 3.75. The van der Waals surface area contributed by atoms with Gasteiger partial charge in [-0.15, -0.1) is 0 Å². The summed E-state index contributed by atoms with van der Waals surface area (Å²) in [5.41, 5.74) is 0.273. The van der Waals surface area contributed by atoms with Crippen LogP contribution in [0.5, 0.6) is 0 Å². The molecule has 0 aromatic heterocycles. The number of nitrogens with one attached hydrogen (secondary N) is 1. The van der Waals surface area contributed by atoms with E-state index >= 15 is 0 Å². The van der Waals surface area contributed by atoms with Gasteiger partial charge in [0.15, 0.2) is 0 Å². The minimum absolute atomic E-state index is 0.0242. The Kier molecular flexibility index (Phi) is 10.4. The Bertz CT molecular complexity index is 289. The van der Waals surface area contributed by atoms with Gasteiger partial charge >= 0.3 is 0 Å². The van der Waals surface area contributed by atoms with Crippen LogP contribution in [-0.4, -0.2) is 65.3 Å². The molecule has 6 nitrogen and oxygen atoms in total. The van der Waals surface area contributed by atoms with E-state index < -0.39 is 0 Å². The van der Waals surface area contributed by atoms with E-state index in [4.69, 9.17) is 18.9 Å². The third-order valence-electron chi connectivity index (χ3n) is 3.75. The predicted octanol–water partition coefficient (Wildman–Crippen LogP) is 1.38. The monoisotopic (exact) mass is 317 g/mol. The number of ether oxygens (including phenoxy) is 4. The van der Waals surface area contributed by atoms with Gasteiger partial charge in [-0.2, -0.15) is 0 Å². The van der Waals surface area contributed by atoms with Crippen LogP contribution in [0.3, 0.4) is 0 Å². The second kappa shape index (κ2) is 11.8. The molecular weight excluding hydrogens is 286 g/mol. The summed E-state index contributed by atoms with van der Waals surface area (Å²) < 4.78 is 21.9. The van der Waals surface area contributed by atoms with Crippen LogP contribution in [0, 0.1) is 5.41 Å². The van der Waals surface area contributed by atoms with Crippen molar-refractivity contribution in [2.24, 2.45) is 5.41 Å². The van der Waals surface area contributed by atoms with Crippen molar-refractivity contribution in [3.8, 4) is 0 Å². The van der Waals surface area contributed by atoms with Crippen molar-refractivity contribution in [3.05, 3.63) is 0 Å². The van der Waals surface area contributed by atoms with Crippen LogP contribution in [0.1, 0.15) is 33.1 Å². The Hall–Kier alpha value is -0.690. The molecule has 1 saturated heterocycles. The zero-order chi connectivity index (χ0) is 16.1. The normalized spacial score (nSPS) is 16.3. The predicted molar refractivity (Wildman–Crippen MR) is 83.9 cm³/mol. The number of rotatable bonds is 14. The summed E-state index contributed by atoms with van der Waals surface area (Å²) in [5, 5.41) is 2.68. The number of carbonyl (C=O) groups excluding carboxylic acids is 1. The lowest BCUT2D eigenvalue weighted by Gasteiger charge is -2.40. The first-order valence-corrected chi connectivity index (χ1v) is 8.24. The molecule has 0 aromatic rings. The van der Waals surface area contributed by atoms with E-state index in [1.807, 2.05) is 0 Å². The molecule has 6 heteroatoms. The Morgan fingerprint density at radius 3 is 2.14 bits per heavy atom. The van der Waals surface area contributed by atoms with Crippen molar-refractivity contribution < 1.29 is 23.7 Å². The van der Waals surface area contributed by atoms with Crippen molar-refractivity contribution in [1.29, 1.82) is 0 Å². The number of amides is 1. The molecule has 0 radical (unpaired) electrons. The van der Waals surface area contributed by atoms with E-state index in [1.165, 1.54) is 6.92 Å². The van der Waals surface area contributed by atoms with Gasteiger partial charge in [-0.3, -0.25) is 4.79 Å². The maximum absolute atomic E-state index is 10.6. The molecule has 0 aliphatic carbocycles. The molecule has 1 aliphatic rings. The standard InChI is InChI=1S/C16H31NO5/c1-3-16(13-22-14-16)12-21-10-5-8-19-7-4-9-20-11-6-17-15(2)18/h3-14H2,1-2H3,(H,17,18). The number of hydrogen-bond acceptors (Lipinski definition) is 5. The highest BCUT2D eigenvalue weighted by Crippen LogP contribution is 2.31. The number of carbonyl (C=O) groups is 1. The minimum atomic E-state index is -0.0242.